The molecule has 0 heterocycles. The van der Waals surface area contributed by atoms with Crippen LogP contribution in [0.3, 0.4) is 0 Å². The summed E-state index contributed by atoms with van der Waals surface area (Å²) in [6, 6.07) is 0. The maximum absolute atomic E-state index is 11.4. The van der Waals surface area contributed by atoms with Gasteiger partial charge < -0.3 is 0 Å². The predicted molar refractivity (Wildman–Crippen MR) is 70.6 cm³/mol. The number of diazo groups is 1. The molecule has 0 aliphatic carbocycles. The van der Waals surface area contributed by atoms with E-state index in [0.717, 1.165) is 0 Å². The summed E-state index contributed by atoms with van der Waals surface area (Å²) in [5, 5.41) is 8.76. The third-order valence-corrected chi connectivity index (χ3v) is 4.37. The minimum absolute atomic E-state index is 0.0518. The average Bonchev–Trinajstić information content (AvgIpc) is 2.15. The molecule has 0 N–H and O–H groups in total. The molecule has 0 saturated heterocycles. The van der Waals surface area contributed by atoms with E-state index < -0.39 is 30.9 Å². The van der Waals surface area contributed by atoms with Gasteiger partial charge in [-0.15, -0.1) is 0 Å². The first-order chi connectivity index (χ1) is 8.10. The van der Waals surface area contributed by atoms with E-state index in [1.165, 1.54) is 0 Å². The summed E-state index contributed by atoms with van der Waals surface area (Å²) in [6.45, 7) is 3.26. The maximum atomic E-state index is 11.4. The van der Waals surface area contributed by atoms with E-state index in [1.807, 2.05) is 0 Å². The average molecular weight is 450 g/mol. The van der Waals surface area contributed by atoms with Crippen LogP contribution in [0.2, 0.25) is 0 Å². The summed E-state index contributed by atoms with van der Waals surface area (Å²) < 4.78 is 14.4. The van der Waals surface area contributed by atoms with Crippen molar-refractivity contribution >= 4 is 54.5 Å². The second-order valence-electron chi connectivity index (χ2n) is 2.64. The van der Waals surface area contributed by atoms with Crippen LogP contribution in [-0.4, -0.2) is 32.4 Å². The van der Waals surface area contributed by atoms with Crippen molar-refractivity contribution < 1.29 is 17.3 Å². The molecule has 0 spiro atoms. The molecule has 104 valence electrons. The topological polar surface area (TPSA) is 72.9 Å². The van der Waals surface area contributed by atoms with Gasteiger partial charge in [-0.05, 0) is 0 Å². The van der Waals surface area contributed by atoms with Crippen molar-refractivity contribution in [3.8, 4) is 0 Å². The van der Waals surface area contributed by atoms with Crippen LogP contribution in [-0.2, 0) is 17.3 Å². The molecule has 0 atom stereocenters. The van der Waals surface area contributed by atoms with E-state index in [9.17, 15) is 4.79 Å². The van der Waals surface area contributed by atoms with Crippen molar-refractivity contribution in [1.29, 1.82) is 5.39 Å². The van der Waals surface area contributed by atoms with E-state index in [2.05, 4.69) is 9.71 Å². The Hall–Kier alpha value is 0.208. The van der Waals surface area contributed by atoms with Gasteiger partial charge in [-0.25, -0.2) is 0 Å². The molecule has 0 saturated carbocycles. The van der Waals surface area contributed by atoms with Gasteiger partial charge in [0.1, 0.15) is 0 Å². The van der Waals surface area contributed by atoms with Gasteiger partial charge >= 0.3 is 121 Å². The fraction of sp³-hybridized carbons (Fsp3) is 0.571. The second-order valence-corrected chi connectivity index (χ2v) is 31.2. The van der Waals surface area contributed by atoms with Crippen LogP contribution in [0, 0.1) is 5.39 Å². The van der Waals surface area contributed by atoms with Gasteiger partial charge in [0.15, 0.2) is 0 Å². The van der Waals surface area contributed by atoms with Crippen molar-refractivity contribution in [2.24, 2.45) is 0 Å². The van der Waals surface area contributed by atoms with Crippen LogP contribution in [0.1, 0.15) is 13.8 Å². The fourth-order valence-electron chi connectivity index (χ4n) is 0.759. The van der Waals surface area contributed by atoms with Crippen molar-refractivity contribution in [2.45, 2.75) is 13.8 Å². The first kappa shape index (κ1) is 18.2. The zero-order valence-corrected chi connectivity index (χ0v) is 15.0. The molecule has 0 aliphatic rings. The minimum atomic E-state index is -5.33. The molecule has 0 radical (unpaired) electrons. The number of carbonyl (C=O) groups is 1. The zero-order chi connectivity index (χ0) is 14.4. The molecule has 18 heavy (non-hydrogen) atoms. The van der Waals surface area contributed by atoms with E-state index in [-0.39, 0.29) is 13.2 Å². The number of halogens is 4. The molecule has 0 amide bonds. The number of nitrogens with zero attached hydrogens (tertiary/aromatic N) is 2. The van der Waals surface area contributed by atoms with Crippen LogP contribution >= 0.6 is 35.3 Å². The van der Waals surface area contributed by atoms with E-state index in [0.29, 0.717) is 0 Å². The molecule has 11 heteroatoms. The molecule has 0 aliphatic heterocycles. The van der Waals surface area contributed by atoms with Crippen LogP contribution in [0.4, 0.5) is 0 Å². The standard InChI is InChI=1S/C7H10N2O4.4ClH.Sb/c1-3-12-6(10)5(9-8)7(11)13-4-2;;;;;/h3-4H2,1-2H3;4*1H;/q;;;;;+5/p-4. The Morgan fingerprint density at radius 3 is 2.00 bits per heavy atom. The normalized spacial score (nSPS) is 14.6. The number of rotatable bonds is 6. The van der Waals surface area contributed by atoms with Gasteiger partial charge in [0.2, 0.25) is 0 Å². The monoisotopic (exact) mass is 447 g/mol. The van der Waals surface area contributed by atoms with Crippen LogP contribution in [0.15, 0.2) is 11.6 Å². The van der Waals surface area contributed by atoms with Gasteiger partial charge in [-0.1, -0.05) is 0 Å². The van der Waals surface area contributed by atoms with E-state index in [1.54, 1.807) is 13.8 Å². The summed E-state index contributed by atoms with van der Waals surface area (Å²) in [7, 11) is 22.4. The van der Waals surface area contributed by atoms with E-state index in [4.69, 9.17) is 48.5 Å². The summed E-state index contributed by atoms with van der Waals surface area (Å²) in [4.78, 5) is 14.1. The number of hydrogen-bond acceptors (Lipinski definition) is 5. The van der Waals surface area contributed by atoms with Gasteiger partial charge in [-0.3, -0.25) is 0 Å². The molecule has 0 fully saturated rings. The fourth-order valence-corrected chi connectivity index (χ4v) is 3.55. The molecule has 0 bridgehead atoms. The zero-order valence-electron chi connectivity index (χ0n) is 9.40. The molecule has 0 aromatic heterocycles. The molecular weight excluding hydrogens is 440 g/mol. The van der Waals surface area contributed by atoms with Gasteiger partial charge in [0.05, 0.1) is 0 Å². The summed E-state index contributed by atoms with van der Waals surface area (Å²) >= 11 is -5.33. The first-order valence-electron chi connectivity index (χ1n) is 4.59. The molecule has 0 rings (SSSR count). The third-order valence-electron chi connectivity index (χ3n) is 1.26. The van der Waals surface area contributed by atoms with Gasteiger partial charge in [0, 0.05) is 0 Å². The van der Waals surface area contributed by atoms with Gasteiger partial charge in [0.25, 0.3) is 0 Å². The van der Waals surface area contributed by atoms with Gasteiger partial charge in [-0.2, -0.15) is 0 Å². The molecule has 0 aromatic carbocycles. The SMILES string of the molecule is CCOC(=O)/C([N+]#N)=C(/OCC)[O][Sb]([Cl])([Cl])([Cl])[Cl]. The van der Waals surface area contributed by atoms with Crippen molar-refractivity contribution in [3.05, 3.63) is 16.6 Å². The van der Waals surface area contributed by atoms with Crippen LogP contribution in [0.5, 0.6) is 0 Å². The number of esters is 1. The molecule has 6 nitrogen and oxygen atoms in total. The van der Waals surface area contributed by atoms with Crippen molar-refractivity contribution in [2.75, 3.05) is 13.2 Å². The number of hydrogen-bond donors (Lipinski definition) is 0. The number of ether oxygens (including phenoxy) is 2. The Balaban J connectivity index is 5.40. The summed E-state index contributed by atoms with van der Waals surface area (Å²) in [6.07, 6.45) is 0. The third kappa shape index (κ3) is 7.60. The van der Waals surface area contributed by atoms with Crippen LogP contribution in [0.25, 0.3) is 4.98 Å². The Morgan fingerprint density at radius 2 is 1.67 bits per heavy atom. The molecular formula is C7H10Cl4N2O4Sb+. The summed E-state index contributed by atoms with van der Waals surface area (Å²) in [5.74, 6) is -1.59. The Morgan fingerprint density at radius 1 is 1.17 bits per heavy atom. The number of carbonyl (C=O) groups excluding carboxylic acids is 1. The summed E-state index contributed by atoms with van der Waals surface area (Å²) in [5.41, 5.74) is -0.667. The van der Waals surface area contributed by atoms with Crippen molar-refractivity contribution in [3.63, 3.8) is 0 Å². The predicted octanol–water partition coefficient (Wildman–Crippen LogP) is 3.47. The van der Waals surface area contributed by atoms with Crippen molar-refractivity contribution in [1.82, 2.24) is 0 Å². The molecule has 0 unspecified atom stereocenters. The Labute approximate surface area is 120 Å². The van der Waals surface area contributed by atoms with E-state index >= 15 is 0 Å². The Kier molecular flexibility index (Phi) is 7.20. The quantitative estimate of drug-likeness (QED) is 0.204. The second kappa shape index (κ2) is 7.11. The Bertz CT molecular complexity index is 391. The molecule has 0 aromatic rings. The first-order valence-corrected chi connectivity index (χ1v) is 18.6. The van der Waals surface area contributed by atoms with Crippen LogP contribution < -0.4 is 0 Å².